The van der Waals surface area contributed by atoms with Gasteiger partial charge in [0.25, 0.3) is 11.8 Å². The molecule has 2 aliphatic heterocycles. The van der Waals surface area contributed by atoms with Gasteiger partial charge in [-0.3, -0.25) is 14.4 Å². The van der Waals surface area contributed by atoms with Crippen molar-refractivity contribution in [2.45, 2.75) is 19.0 Å². The van der Waals surface area contributed by atoms with Gasteiger partial charge < -0.3 is 20.3 Å². The van der Waals surface area contributed by atoms with Crippen molar-refractivity contribution in [2.75, 3.05) is 25.1 Å². The minimum Gasteiger partial charge on any atom is -0.489 e. The number of amides is 3. The van der Waals surface area contributed by atoms with Crippen LogP contribution in [0.3, 0.4) is 0 Å². The second-order valence-electron chi connectivity index (χ2n) is 8.28. The monoisotopic (exact) mass is 479 g/mol. The fourth-order valence-electron chi connectivity index (χ4n) is 4.37. The zero-order valence-corrected chi connectivity index (χ0v) is 19.2. The van der Waals surface area contributed by atoms with Crippen molar-refractivity contribution in [1.29, 1.82) is 0 Å². The Balaban J connectivity index is 1.41. The van der Waals surface area contributed by atoms with E-state index in [9.17, 15) is 14.4 Å². The molecule has 0 saturated heterocycles. The molecule has 1 aromatic heterocycles. The molecular formula is C24H22ClN5O4. The molecule has 3 aromatic rings. The molecule has 0 saturated carbocycles. The smallest absolute Gasteiger partial charge is 0.275 e. The molecule has 10 heteroatoms. The minimum absolute atomic E-state index is 0.0576. The Kier molecular flexibility index (Phi) is 5.49. The van der Waals surface area contributed by atoms with Crippen molar-refractivity contribution in [1.82, 2.24) is 14.7 Å². The fourth-order valence-corrected chi connectivity index (χ4v) is 4.65. The second kappa shape index (κ2) is 8.49. The summed E-state index contributed by atoms with van der Waals surface area (Å²) < 4.78 is 7.49. The first-order chi connectivity index (χ1) is 16.3. The van der Waals surface area contributed by atoms with E-state index in [0.717, 1.165) is 5.56 Å². The number of ether oxygens (including phenoxy) is 1. The van der Waals surface area contributed by atoms with Crippen LogP contribution in [0, 0.1) is 0 Å². The summed E-state index contributed by atoms with van der Waals surface area (Å²) in [5, 5.41) is 4.92. The van der Waals surface area contributed by atoms with Crippen molar-refractivity contribution in [3.63, 3.8) is 0 Å². The van der Waals surface area contributed by atoms with Gasteiger partial charge in [-0.1, -0.05) is 41.9 Å². The van der Waals surface area contributed by atoms with E-state index < -0.39 is 11.9 Å². The second-order valence-corrected chi connectivity index (χ2v) is 8.64. The molecule has 0 spiro atoms. The number of hydrogen-bond acceptors (Lipinski definition) is 5. The SMILES string of the molecule is CN1C(=O)[C@@H](N2CCc3c(nn(Cc4ccccc4)c3Cl)C2=O)COc2cc(C(N)=O)ccc21. The highest BCUT2D eigenvalue weighted by atomic mass is 35.5. The summed E-state index contributed by atoms with van der Waals surface area (Å²) in [5.74, 6) is -0.899. The third kappa shape index (κ3) is 3.67. The van der Waals surface area contributed by atoms with Gasteiger partial charge in [-0.05, 0) is 30.2 Å². The van der Waals surface area contributed by atoms with Gasteiger partial charge in [0.1, 0.15) is 23.6 Å². The van der Waals surface area contributed by atoms with Gasteiger partial charge in [0.15, 0.2) is 5.69 Å². The molecule has 0 aliphatic carbocycles. The van der Waals surface area contributed by atoms with Crippen LogP contribution in [0.25, 0.3) is 0 Å². The number of rotatable bonds is 4. The number of hydrogen-bond donors (Lipinski definition) is 1. The molecular weight excluding hydrogens is 458 g/mol. The van der Waals surface area contributed by atoms with E-state index in [2.05, 4.69) is 5.10 Å². The topological polar surface area (TPSA) is 111 Å². The van der Waals surface area contributed by atoms with Crippen molar-refractivity contribution in [3.05, 3.63) is 76.1 Å². The third-order valence-corrected chi connectivity index (χ3v) is 6.64. The highest BCUT2D eigenvalue weighted by Crippen LogP contribution is 2.34. The number of aromatic nitrogens is 2. The van der Waals surface area contributed by atoms with Crippen molar-refractivity contribution in [3.8, 4) is 5.75 Å². The predicted molar refractivity (Wildman–Crippen MR) is 125 cm³/mol. The summed E-state index contributed by atoms with van der Waals surface area (Å²) in [6, 6.07) is 13.5. The van der Waals surface area contributed by atoms with Gasteiger partial charge in [0, 0.05) is 24.7 Å². The first-order valence-electron chi connectivity index (χ1n) is 10.8. The quantitative estimate of drug-likeness (QED) is 0.616. The summed E-state index contributed by atoms with van der Waals surface area (Å²) in [6.45, 7) is 0.683. The van der Waals surface area contributed by atoms with E-state index in [0.29, 0.717) is 41.7 Å². The normalized spacial score (nSPS) is 17.6. The number of benzene rings is 2. The van der Waals surface area contributed by atoms with Crippen molar-refractivity contribution < 1.29 is 19.1 Å². The number of carbonyl (C=O) groups is 3. The van der Waals surface area contributed by atoms with Gasteiger partial charge >= 0.3 is 0 Å². The molecule has 0 radical (unpaired) electrons. The number of fused-ring (bicyclic) bond motifs is 2. The number of likely N-dealkylation sites (N-methyl/N-ethyl adjacent to an activating group) is 1. The lowest BCUT2D eigenvalue weighted by molar-refractivity contribution is -0.123. The summed E-state index contributed by atoms with van der Waals surface area (Å²) in [5.41, 5.74) is 8.09. The third-order valence-electron chi connectivity index (χ3n) is 6.22. The molecule has 1 atom stereocenters. The van der Waals surface area contributed by atoms with E-state index in [4.69, 9.17) is 22.1 Å². The van der Waals surface area contributed by atoms with E-state index in [1.54, 1.807) is 17.8 Å². The van der Waals surface area contributed by atoms with Crippen LogP contribution in [0.15, 0.2) is 48.5 Å². The minimum atomic E-state index is -0.854. The van der Waals surface area contributed by atoms with E-state index in [1.165, 1.54) is 21.9 Å². The van der Waals surface area contributed by atoms with Gasteiger partial charge in [0.2, 0.25) is 5.91 Å². The Labute approximate surface area is 200 Å². The summed E-state index contributed by atoms with van der Waals surface area (Å²) >= 11 is 6.56. The van der Waals surface area contributed by atoms with Crippen LogP contribution in [-0.4, -0.2) is 58.6 Å². The van der Waals surface area contributed by atoms with E-state index in [-0.39, 0.29) is 29.7 Å². The van der Waals surface area contributed by atoms with Gasteiger partial charge in [-0.2, -0.15) is 5.10 Å². The lowest BCUT2D eigenvalue weighted by Crippen LogP contribution is -2.54. The molecule has 34 heavy (non-hydrogen) atoms. The first-order valence-corrected chi connectivity index (χ1v) is 11.2. The van der Waals surface area contributed by atoms with Gasteiger partial charge in [-0.25, -0.2) is 4.68 Å². The largest absolute Gasteiger partial charge is 0.489 e. The molecule has 3 amide bonds. The Bertz CT molecular complexity index is 1310. The lowest BCUT2D eigenvalue weighted by atomic mass is 10.0. The van der Waals surface area contributed by atoms with Crippen molar-refractivity contribution in [2.24, 2.45) is 5.73 Å². The van der Waals surface area contributed by atoms with Crippen LogP contribution in [0.4, 0.5) is 5.69 Å². The average Bonchev–Trinajstić information content (AvgIpc) is 3.09. The summed E-state index contributed by atoms with van der Waals surface area (Å²) in [4.78, 5) is 41.2. The number of carbonyl (C=O) groups excluding carboxylic acids is 3. The van der Waals surface area contributed by atoms with Crippen LogP contribution in [0.2, 0.25) is 5.15 Å². The highest BCUT2D eigenvalue weighted by Gasteiger charge is 2.41. The average molecular weight is 480 g/mol. The van der Waals surface area contributed by atoms with Gasteiger partial charge in [0.05, 0.1) is 12.2 Å². The fraction of sp³-hybridized carbons (Fsp3) is 0.250. The molecule has 2 aromatic carbocycles. The maximum Gasteiger partial charge on any atom is 0.275 e. The maximum absolute atomic E-state index is 13.4. The van der Waals surface area contributed by atoms with Crippen molar-refractivity contribution >= 4 is 35.0 Å². The van der Waals surface area contributed by atoms with Crippen LogP contribution in [0.1, 0.15) is 32.0 Å². The molecule has 2 N–H and O–H groups in total. The Morgan fingerprint density at radius 3 is 2.71 bits per heavy atom. The molecule has 9 nitrogen and oxygen atoms in total. The number of primary amides is 1. The zero-order chi connectivity index (χ0) is 24.0. The Hall–Kier alpha value is -3.85. The van der Waals surface area contributed by atoms with Crippen LogP contribution >= 0.6 is 11.6 Å². The van der Waals surface area contributed by atoms with Crippen LogP contribution in [-0.2, 0) is 17.8 Å². The molecule has 174 valence electrons. The van der Waals surface area contributed by atoms with E-state index >= 15 is 0 Å². The predicted octanol–water partition coefficient (Wildman–Crippen LogP) is 2.11. The Morgan fingerprint density at radius 1 is 1.21 bits per heavy atom. The highest BCUT2D eigenvalue weighted by molar-refractivity contribution is 6.31. The maximum atomic E-state index is 13.4. The lowest BCUT2D eigenvalue weighted by Gasteiger charge is -2.33. The number of nitrogens with two attached hydrogens (primary N) is 1. The molecule has 3 heterocycles. The zero-order valence-electron chi connectivity index (χ0n) is 18.4. The number of anilines is 1. The number of halogens is 1. The first kappa shape index (κ1) is 22.0. The molecule has 0 fully saturated rings. The summed E-state index contributed by atoms with van der Waals surface area (Å²) in [6.07, 6.45) is 0.473. The standard InChI is InChI=1S/C24H22ClN5O4/c1-28-17-8-7-15(22(26)31)11-19(17)34-13-18(23(28)32)29-10-9-16-20(24(29)33)27-30(21(16)25)12-14-5-3-2-4-6-14/h2-8,11,18H,9-10,12-13H2,1H3,(H2,26,31)/t18-/m0/s1. The van der Waals surface area contributed by atoms with Gasteiger partial charge in [-0.15, -0.1) is 0 Å². The van der Waals surface area contributed by atoms with Crippen LogP contribution in [0.5, 0.6) is 5.75 Å². The number of nitrogens with zero attached hydrogens (tertiary/aromatic N) is 4. The molecule has 2 aliphatic rings. The van der Waals surface area contributed by atoms with Crippen LogP contribution < -0.4 is 15.4 Å². The molecule has 5 rings (SSSR count). The Morgan fingerprint density at radius 2 is 1.97 bits per heavy atom. The van der Waals surface area contributed by atoms with E-state index in [1.807, 2.05) is 30.3 Å². The molecule has 0 bridgehead atoms. The summed E-state index contributed by atoms with van der Waals surface area (Å²) in [7, 11) is 1.61. The molecule has 0 unspecified atom stereocenters.